The topological polar surface area (TPSA) is 98.8 Å². The summed E-state index contributed by atoms with van der Waals surface area (Å²) in [4.78, 5) is 53.3. The van der Waals surface area contributed by atoms with Crippen molar-refractivity contribution < 1.29 is 19.2 Å². The number of anilines is 1. The molecule has 8 heteroatoms. The fraction of sp³-hybridized carbons (Fsp3) is 0.565. The maximum Gasteiger partial charge on any atom is 0.325 e. The zero-order valence-corrected chi connectivity index (χ0v) is 18.4. The normalized spacial score (nSPS) is 26.1. The molecule has 5 amide bonds. The van der Waals surface area contributed by atoms with Crippen molar-refractivity contribution >= 4 is 29.4 Å². The summed E-state index contributed by atoms with van der Waals surface area (Å²) in [5.74, 6) is -0.641. The highest BCUT2D eigenvalue weighted by atomic mass is 16.2. The van der Waals surface area contributed by atoms with Crippen LogP contribution in [0.1, 0.15) is 61.9 Å². The molecule has 1 aromatic carbocycles. The molecular weight excluding hydrogens is 396 g/mol. The van der Waals surface area contributed by atoms with Gasteiger partial charge in [0.2, 0.25) is 5.91 Å². The van der Waals surface area contributed by atoms with Crippen molar-refractivity contribution in [1.82, 2.24) is 15.1 Å². The fourth-order valence-electron chi connectivity index (χ4n) is 4.63. The SMILES string of the molecule is Cc1cc(C(=O)N2CCCCC2C)ccc1NC(=O)CN1C(=O)NC(C)(C2CC2)C1=O. The van der Waals surface area contributed by atoms with Crippen molar-refractivity contribution in [3.63, 3.8) is 0 Å². The Hall–Kier alpha value is -2.90. The molecule has 0 radical (unpaired) electrons. The summed E-state index contributed by atoms with van der Waals surface area (Å²) in [6.07, 6.45) is 4.99. The number of urea groups is 1. The summed E-state index contributed by atoms with van der Waals surface area (Å²) >= 11 is 0. The van der Waals surface area contributed by atoms with E-state index in [0.717, 1.165) is 49.1 Å². The number of carbonyl (C=O) groups is 4. The standard InChI is InChI=1S/C23H30N4O4/c1-14-12-16(20(29)26-11-5-4-6-15(26)2)7-10-18(14)24-19(28)13-27-21(30)23(3,17-8-9-17)25-22(27)31/h7,10,12,15,17H,4-6,8-9,11,13H2,1-3H3,(H,24,28)(H,25,31). The molecule has 3 aliphatic rings. The number of nitrogens with one attached hydrogen (secondary N) is 2. The van der Waals surface area contributed by atoms with Crippen LogP contribution in [0.25, 0.3) is 0 Å². The number of nitrogens with zero attached hydrogens (tertiary/aromatic N) is 2. The minimum Gasteiger partial charge on any atom is -0.336 e. The lowest BCUT2D eigenvalue weighted by Crippen LogP contribution is -2.46. The van der Waals surface area contributed by atoms with Crippen LogP contribution >= 0.6 is 0 Å². The van der Waals surface area contributed by atoms with Gasteiger partial charge in [0, 0.05) is 23.8 Å². The zero-order chi connectivity index (χ0) is 22.3. The van der Waals surface area contributed by atoms with E-state index < -0.39 is 17.5 Å². The molecule has 1 saturated carbocycles. The van der Waals surface area contributed by atoms with E-state index in [1.165, 1.54) is 0 Å². The highest BCUT2D eigenvalue weighted by molar-refractivity contribution is 6.10. The van der Waals surface area contributed by atoms with Crippen LogP contribution in [0.5, 0.6) is 0 Å². The molecule has 2 saturated heterocycles. The molecule has 8 nitrogen and oxygen atoms in total. The van der Waals surface area contributed by atoms with Crippen molar-refractivity contribution in [2.24, 2.45) is 5.92 Å². The average Bonchev–Trinajstić information content (AvgIpc) is 3.55. The van der Waals surface area contributed by atoms with Gasteiger partial charge in [0.15, 0.2) is 0 Å². The van der Waals surface area contributed by atoms with E-state index in [9.17, 15) is 19.2 Å². The number of piperidine rings is 1. The number of carbonyl (C=O) groups excluding carboxylic acids is 4. The second kappa shape index (κ2) is 7.98. The first-order valence-corrected chi connectivity index (χ1v) is 11.1. The summed E-state index contributed by atoms with van der Waals surface area (Å²) < 4.78 is 0. The van der Waals surface area contributed by atoms with Gasteiger partial charge in [-0.05, 0) is 82.6 Å². The van der Waals surface area contributed by atoms with Gasteiger partial charge in [0.05, 0.1) is 0 Å². The van der Waals surface area contributed by atoms with E-state index in [-0.39, 0.29) is 30.3 Å². The lowest BCUT2D eigenvalue weighted by Gasteiger charge is -2.33. The number of amides is 5. The maximum atomic E-state index is 12.9. The van der Waals surface area contributed by atoms with Gasteiger partial charge in [-0.2, -0.15) is 0 Å². The molecule has 1 aliphatic carbocycles. The molecule has 2 aliphatic heterocycles. The van der Waals surface area contributed by atoms with E-state index >= 15 is 0 Å². The summed E-state index contributed by atoms with van der Waals surface area (Å²) in [5.41, 5.74) is 1.01. The smallest absolute Gasteiger partial charge is 0.325 e. The van der Waals surface area contributed by atoms with Gasteiger partial charge in [-0.25, -0.2) is 4.79 Å². The Labute approximate surface area is 182 Å². The van der Waals surface area contributed by atoms with E-state index in [1.54, 1.807) is 25.1 Å². The first-order valence-electron chi connectivity index (χ1n) is 11.1. The Bertz CT molecular complexity index is 942. The minimum atomic E-state index is -0.902. The van der Waals surface area contributed by atoms with E-state index in [2.05, 4.69) is 17.6 Å². The van der Waals surface area contributed by atoms with Gasteiger partial charge in [-0.1, -0.05) is 0 Å². The second-order valence-corrected chi connectivity index (χ2v) is 9.22. The maximum absolute atomic E-state index is 12.9. The second-order valence-electron chi connectivity index (χ2n) is 9.22. The Morgan fingerprint density at radius 2 is 1.94 bits per heavy atom. The molecule has 2 unspecified atom stereocenters. The molecule has 4 rings (SSSR count). The molecule has 1 aromatic rings. The van der Waals surface area contributed by atoms with Crippen LogP contribution < -0.4 is 10.6 Å². The van der Waals surface area contributed by atoms with Gasteiger partial charge in [0.1, 0.15) is 12.1 Å². The summed E-state index contributed by atoms with van der Waals surface area (Å²) in [6.45, 7) is 6.06. The van der Waals surface area contributed by atoms with E-state index in [4.69, 9.17) is 0 Å². The third kappa shape index (κ3) is 4.03. The predicted octanol–water partition coefficient (Wildman–Crippen LogP) is 2.67. The van der Waals surface area contributed by atoms with Gasteiger partial charge < -0.3 is 15.5 Å². The number of rotatable bonds is 5. The van der Waals surface area contributed by atoms with Crippen LogP contribution in [0.4, 0.5) is 10.5 Å². The molecule has 0 aromatic heterocycles. The Balaban J connectivity index is 1.40. The van der Waals surface area contributed by atoms with Crippen LogP contribution in [0.15, 0.2) is 18.2 Å². The Kier molecular flexibility index (Phi) is 5.49. The summed E-state index contributed by atoms with van der Waals surface area (Å²) in [5, 5.41) is 5.51. The number of aryl methyl sites for hydroxylation is 1. The Morgan fingerprint density at radius 3 is 2.58 bits per heavy atom. The molecule has 2 N–H and O–H groups in total. The molecule has 31 heavy (non-hydrogen) atoms. The van der Waals surface area contributed by atoms with Gasteiger partial charge in [0.25, 0.3) is 11.8 Å². The van der Waals surface area contributed by atoms with Crippen molar-refractivity contribution in [2.75, 3.05) is 18.4 Å². The van der Waals surface area contributed by atoms with Crippen LogP contribution in [0, 0.1) is 12.8 Å². The van der Waals surface area contributed by atoms with Crippen LogP contribution in [0.3, 0.4) is 0 Å². The third-order valence-electron chi connectivity index (χ3n) is 6.81. The lowest BCUT2D eigenvalue weighted by atomic mass is 9.96. The monoisotopic (exact) mass is 426 g/mol. The van der Waals surface area contributed by atoms with E-state index in [0.29, 0.717) is 11.3 Å². The van der Waals surface area contributed by atoms with Crippen LogP contribution in [0.2, 0.25) is 0 Å². The molecule has 3 fully saturated rings. The largest absolute Gasteiger partial charge is 0.336 e. The Morgan fingerprint density at radius 1 is 1.19 bits per heavy atom. The van der Waals surface area contributed by atoms with Gasteiger partial charge in [-0.3, -0.25) is 19.3 Å². The van der Waals surface area contributed by atoms with Crippen molar-refractivity contribution in [3.8, 4) is 0 Å². The number of imide groups is 1. The number of benzene rings is 1. The van der Waals surface area contributed by atoms with Crippen LogP contribution in [-0.2, 0) is 9.59 Å². The minimum absolute atomic E-state index is 0.00636. The average molecular weight is 427 g/mol. The molecule has 0 bridgehead atoms. The lowest BCUT2D eigenvalue weighted by molar-refractivity contribution is -0.134. The summed E-state index contributed by atoms with van der Waals surface area (Å²) in [7, 11) is 0. The first kappa shape index (κ1) is 21.3. The molecule has 2 heterocycles. The highest BCUT2D eigenvalue weighted by Gasteiger charge is 2.56. The van der Waals surface area contributed by atoms with Gasteiger partial charge in [-0.15, -0.1) is 0 Å². The quantitative estimate of drug-likeness (QED) is 0.707. The number of likely N-dealkylation sites (tertiary alicyclic amines) is 1. The van der Waals surface area contributed by atoms with Crippen molar-refractivity contribution in [2.45, 2.75) is 64.5 Å². The van der Waals surface area contributed by atoms with E-state index in [1.807, 2.05) is 11.8 Å². The zero-order valence-electron chi connectivity index (χ0n) is 18.4. The first-order chi connectivity index (χ1) is 14.7. The molecule has 2 atom stereocenters. The fourth-order valence-corrected chi connectivity index (χ4v) is 4.63. The molecule has 166 valence electrons. The predicted molar refractivity (Wildman–Crippen MR) is 116 cm³/mol. The third-order valence-corrected chi connectivity index (χ3v) is 6.81. The number of hydrogen-bond acceptors (Lipinski definition) is 4. The molecular formula is C23H30N4O4. The van der Waals surface area contributed by atoms with Crippen molar-refractivity contribution in [3.05, 3.63) is 29.3 Å². The summed E-state index contributed by atoms with van der Waals surface area (Å²) in [6, 6.07) is 4.89. The highest BCUT2D eigenvalue weighted by Crippen LogP contribution is 2.42. The van der Waals surface area contributed by atoms with Gasteiger partial charge >= 0.3 is 6.03 Å². The van der Waals surface area contributed by atoms with Crippen LogP contribution in [-0.4, -0.2) is 58.2 Å². The molecule has 0 spiro atoms. The number of hydrogen-bond donors (Lipinski definition) is 2. The van der Waals surface area contributed by atoms with Crippen molar-refractivity contribution in [1.29, 1.82) is 0 Å².